The van der Waals surface area contributed by atoms with E-state index in [0.29, 0.717) is 11.5 Å². The van der Waals surface area contributed by atoms with Gasteiger partial charge in [0, 0.05) is 12.1 Å². The molecule has 0 radical (unpaired) electrons. The lowest BCUT2D eigenvalue weighted by molar-refractivity contribution is -0.140. The first-order valence-corrected chi connectivity index (χ1v) is 6.01. The highest BCUT2D eigenvalue weighted by molar-refractivity contribution is 5.82. The predicted molar refractivity (Wildman–Crippen MR) is 67.6 cm³/mol. The SMILES string of the molecule is Cc1noc(C)c1CNC(=O)N[C@@H](C(=O)O)C(C)C. The number of urea groups is 1. The maximum absolute atomic E-state index is 11.6. The molecule has 0 spiro atoms. The molecular formula is C12H19N3O4. The highest BCUT2D eigenvalue weighted by Crippen LogP contribution is 2.11. The molecule has 0 fully saturated rings. The highest BCUT2D eigenvalue weighted by atomic mass is 16.5. The number of hydrogen-bond donors (Lipinski definition) is 3. The van der Waals surface area contributed by atoms with Crippen molar-refractivity contribution in [3.63, 3.8) is 0 Å². The second-order valence-electron chi connectivity index (χ2n) is 4.69. The summed E-state index contributed by atoms with van der Waals surface area (Å²) in [6, 6.07) is -1.44. The van der Waals surface area contributed by atoms with Gasteiger partial charge in [0.2, 0.25) is 0 Å². The van der Waals surface area contributed by atoms with Crippen molar-refractivity contribution in [2.45, 2.75) is 40.3 Å². The van der Waals surface area contributed by atoms with Crippen LogP contribution in [0.15, 0.2) is 4.52 Å². The summed E-state index contributed by atoms with van der Waals surface area (Å²) in [6.07, 6.45) is 0. The first-order chi connectivity index (χ1) is 8.82. The predicted octanol–water partition coefficient (Wildman–Crippen LogP) is 1.20. The monoisotopic (exact) mass is 269 g/mol. The summed E-state index contributed by atoms with van der Waals surface area (Å²) in [5.41, 5.74) is 1.50. The number of amides is 2. The Bertz CT molecular complexity index is 448. The van der Waals surface area contributed by atoms with E-state index in [1.807, 2.05) is 0 Å². The van der Waals surface area contributed by atoms with Crippen LogP contribution in [0.5, 0.6) is 0 Å². The topological polar surface area (TPSA) is 104 Å². The number of carbonyl (C=O) groups is 2. The van der Waals surface area contributed by atoms with Crippen molar-refractivity contribution < 1.29 is 19.2 Å². The van der Waals surface area contributed by atoms with Gasteiger partial charge in [-0.1, -0.05) is 19.0 Å². The lowest BCUT2D eigenvalue weighted by Crippen LogP contribution is -2.48. The average Bonchev–Trinajstić information content (AvgIpc) is 2.62. The van der Waals surface area contributed by atoms with E-state index in [1.54, 1.807) is 27.7 Å². The largest absolute Gasteiger partial charge is 0.480 e. The van der Waals surface area contributed by atoms with Crippen molar-refractivity contribution >= 4 is 12.0 Å². The normalized spacial score (nSPS) is 12.3. The van der Waals surface area contributed by atoms with Crippen LogP contribution in [0.25, 0.3) is 0 Å². The Labute approximate surface area is 111 Å². The zero-order valence-electron chi connectivity index (χ0n) is 11.5. The molecule has 0 aliphatic rings. The molecule has 0 unspecified atom stereocenters. The van der Waals surface area contributed by atoms with Crippen LogP contribution in [-0.2, 0) is 11.3 Å². The molecule has 1 aromatic rings. The zero-order valence-corrected chi connectivity index (χ0v) is 11.5. The molecule has 0 aliphatic carbocycles. The Hall–Kier alpha value is -2.05. The van der Waals surface area contributed by atoms with Crippen molar-refractivity contribution in [2.75, 3.05) is 0 Å². The molecular weight excluding hydrogens is 250 g/mol. The molecule has 0 saturated carbocycles. The van der Waals surface area contributed by atoms with Crippen LogP contribution in [0.2, 0.25) is 0 Å². The molecule has 0 aromatic carbocycles. The molecule has 0 saturated heterocycles. The number of nitrogens with zero attached hydrogens (tertiary/aromatic N) is 1. The van der Waals surface area contributed by atoms with Gasteiger partial charge < -0.3 is 20.3 Å². The summed E-state index contributed by atoms with van der Waals surface area (Å²) in [5, 5.41) is 17.7. The fourth-order valence-electron chi connectivity index (χ4n) is 1.63. The number of carbonyl (C=O) groups excluding carboxylic acids is 1. The summed E-state index contributed by atoms with van der Waals surface area (Å²) >= 11 is 0. The van der Waals surface area contributed by atoms with Gasteiger partial charge in [-0.05, 0) is 19.8 Å². The van der Waals surface area contributed by atoms with E-state index in [0.717, 1.165) is 5.56 Å². The molecule has 2 amide bonds. The van der Waals surface area contributed by atoms with Gasteiger partial charge in [-0.15, -0.1) is 0 Å². The Morgan fingerprint density at radius 3 is 2.42 bits per heavy atom. The Morgan fingerprint density at radius 2 is 2.00 bits per heavy atom. The lowest BCUT2D eigenvalue weighted by Gasteiger charge is -2.18. The number of hydrogen-bond acceptors (Lipinski definition) is 4. The number of carboxylic acids is 1. The van der Waals surface area contributed by atoms with E-state index in [9.17, 15) is 9.59 Å². The fourth-order valence-corrected chi connectivity index (χ4v) is 1.63. The van der Waals surface area contributed by atoms with Crippen LogP contribution in [-0.4, -0.2) is 28.3 Å². The minimum Gasteiger partial charge on any atom is -0.480 e. The smallest absolute Gasteiger partial charge is 0.326 e. The second-order valence-corrected chi connectivity index (χ2v) is 4.69. The molecule has 106 valence electrons. The Morgan fingerprint density at radius 1 is 1.37 bits per heavy atom. The number of aliphatic carboxylic acids is 1. The van der Waals surface area contributed by atoms with Gasteiger partial charge in [-0.3, -0.25) is 0 Å². The first kappa shape index (κ1) is 15.0. The minimum atomic E-state index is -1.05. The number of aromatic nitrogens is 1. The number of rotatable bonds is 5. The third kappa shape index (κ3) is 3.97. The van der Waals surface area contributed by atoms with Crippen molar-refractivity contribution in [1.82, 2.24) is 15.8 Å². The van der Waals surface area contributed by atoms with E-state index < -0.39 is 18.0 Å². The molecule has 1 heterocycles. The average molecular weight is 269 g/mol. The number of aryl methyl sites for hydroxylation is 2. The fraction of sp³-hybridized carbons (Fsp3) is 0.583. The molecule has 19 heavy (non-hydrogen) atoms. The Balaban J connectivity index is 2.54. The zero-order chi connectivity index (χ0) is 14.6. The third-order valence-electron chi connectivity index (χ3n) is 2.83. The maximum Gasteiger partial charge on any atom is 0.326 e. The van der Waals surface area contributed by atoms with Crippen LogP contribution in [0.4, 0.5) is 4.79 Å². The second kappa shape index (κ2) is 6.21. The molecule has 1 rings (SSSR count). The van der Waals surface area contributed by atoms with Crippen molar-refractivity contribution in [2.24, 2.45) is 5.92 Å². The van der Waals surface area contributed by atoms with Gasteiger partial charge in [-0.25, -0.2) is 9.59 Å². The molecule has 0 aliphatic heterocycles. The van der Waals surface area contributed by atoms with Crippen LogP contribution in [0.3, 0.4) is 0 Å². The van der Waals surface area contributed by atoms with Crippen LogP contribution in [0, 0.1) is 19.8 Å². The Kier molecular flexibility index (Phi) is 4.91. The van der Waals surface area contributed by atoms with Gasteiger partial charge in [0.25, 0.3) is 0 Å². The standard InChI is InChI=1S/C12H19N3O4/c1-6(2)10(11(16)17)14-12(18)13-5-9-7(3)15-19-8(9)4/h6,10H,5H2,1-4H3,(H,16,17)(H2,13,14,18)/t10-/m1/s1. The summed E-state index contributed by atoms with van der Waals surface area (Å²) in [7, 11) is 0. The number of carboxylic acid groups (broad SMARTS) is 1. The van der Waals surface area contributed by atoms with E-state index in [-0.39, 0.29) is 12.5 Å². The summed E-state index contributed by atoms with van der Waals surface area (Å²) in [6.45, 7) is 7.24. The van der Waals surface area contributed by atoms with Gasteiger partial charge in [0.1, 0.15) is 11.8 Å². The van der Waals surface area contributed by atoms with Crippen molar-refractivity contribution in [3.05, 3.63) is 17.0 Å². The van der Waals surface area contributed by atoms with E-state index in [2.05, 4.69) is 15.8 Å². The molecule has 3 N–H and O–H groups in total. The maximum atomic E-state index is 11.6. The summed E-state index contributed by atoms with van der Waals surface area (Å²) < 4.78 is 4.97. The molecule has 7 heteroatoms. The minimum absolute atomic E-state index is 0.192. The third-order valence-corrected chi connectivity index (χ3v) is 2.83. The van der Waals surface area contributed by atoms with Crippen LogP contribution < -0.4 is 10.6 Å². The van der Waals surface area contributed by atoms with Gasteiger partial charge in [0.15, 0.2) is 0 Å². The summed E-state index contributed by atoms with van der Waals surface area (Å²) in [5.74, 6) is -0.610. The van der Waals surface area contributed by atoms with Gasteiger partial charge in [0.05, 0.1) is 5.69 Å². The molecule has 0 bridgehead atoms. The van der Waals surface area contributed by atoms with Crippen LogP contribution in [0.1, 0.15) is 30.9 Å². The number of nitrogens with one attached hydrogen (secondary N) is 2. The van der Waals surface area contributed by atoms with E-state index in [4.69, 9.17) is 9.63 Å². The van der Waals surface area contributed by atoms with Gasteiger partial charge >= 0.3 is 12.0 Å². The van der Waals surface area contributed by atoms with E-state index in [1.165, 1.54) is 0 Å². The first-order valence-electron chi connectivity index (χ1n) is 6.01. The van der Waals surface area contributed by atoms with Crippen LogP contribution >= 0.6 is 0 Å². The summed E-state index contributed by atoms with van der Waals surface area (Å²) in [4.78, 5) is 22.6. The van der Waals surface area contributed by atoms with Gasteiger partial charge in [-0.2, -0.15) is 0 Å². The molecule has 7 nitrogen and oxygen atoms in total. The highest BCUT2D eigenvalue weighted by Gasteiger charge is 2.23. The molecule has 1 atom stereocenters. The quantitative estimate of drug-likeness (QED) is 0.745. The van der Waals surface area contributed by atoms with Crippen molar-refractivity contribution in [1.29, 1.82) is 0 Å². The van der Waals surface area contributed by atoms with E-state index >= 15 is 0 Å². The molecule has 1 aromatic heterocycles. The van der Waals surface area contributed by atoms with Crippen molar-refractivity contribution in [3.8, 4) is 0 Å². The lowest BCUT2D eigenvalue weighted by atomic mass is 10.1.